The summed E-state index contributed by atoms with van der Waals surface area (Å²) in [7, 11) is 1.60. The third-order valence-electron chi connectivity index (χ3n) is 5.43. The van der Waals surface area contributed by atoms with E-state index < -0.39 is 0 Å². The maximum Gasteiger partial charge on any atom is 0.161 e. The quantitative estimate of drug-likeness (QED) is 0.411. The van der Waals surface area contributed by atoms with Crippen molar-refractivity contribution in [1.82, 2.24) is 35.1 Å². The summed E-state index contributed by atoms with van der Waals surface area (Å²) in [6, 6.07) is 11.9. The monoisotopic (exact) mass is 437 g/mol. The Bertz CT molecular complexity index is 1620. The van der Waals surface area contributed by atoms with E-state index >= 15 is 0 Å². The van der Waals surface area contributed by atoms with Crippen LogP contribution in [0.25, 0.3) is 56.0 Å². The fraction of sp³-hybridized carbons (Fsp3) is 0.0417. The van der Waals surface area contributed by atoms with E-state index in [2.05, 4.69) is 25.1 Å². The maximum atomic E-state index is 13.4. The minimum Gasteiger partial charge on any atom is -0.495 e. The average molecular weight is 437 g/mol. The molecule has 0 fully saturated rings. The normalized spacial score (nSPS) is 11.3. The molecule has 6 rings (SSSR count). The second-order valence-electron chi connectivity index (χ2n) is 7.45. The zero-order valence-corrected chi connectivity index (χ0v) is 17.4. The van der Waals surface area contributed by atoms with Gasteiger partial charge in [0.05, 0.1) is 41.7 Å². The van der Waals surface area contributed by atoms with Gasteiger partial charge in [0.2, 0.25) is 0 Å². The number of methoxy groups -OCH3 is 1. The predicted molar refractivity (Wildman–Crippen MR) is 122 cm³/mol. The molecular formula is C24H16FN7O. The van der Waals surface area contributed by atoms with Crippen LogP contribution >= 0.6 is 0 Å². The van der Waals surface area contributed by atoms with E-state index in [4.69, 9.17) is 14.7 Å². The molecule has 0 saturated carbocycles. The van der Waals surface area contributed by atoms with E-state index in [1.807, 2.05) is 18.2 Å². The highest BCUT2D eigenvalue weighted by molar-refractivity contribution is 5.95. The molecule has 0 spiro atoms. The van der Waals surface area contributed by atoms with Crippen LogP contribution in [0.2, 0.25) is 0 Å². The van der Waals surface area contributed by atoms with Gasteiger partial charge in [-0.15, -0.1) is 0 Å². The summed E-state index contributed by atoms with van der Waals surface area (Å²) >= 11 is 0. The van der Waals surface area contributed by atoms with Crippen molar-refractivity contribution in [3.05, 3.63) is 73.1 Å². The van der Waals surface area contributed by atoms with Crippen LogP contribution in [0.5, 0.6) is 5.75 Å². The zero-order valence-electron chi connectivity index (χ0n) is 17.4. The number of hydrogen-bond donors (Lipinski definition) is 2. The van der Waals surface area contributed by atoms with Crippen molar-refractivity contribution in [1.29, 1.82) is 0 Å². The number of fused-ring (bicyclic) bond motifs is 2. The van der Waals surface area contributed by atoms with Gasteiger partial charge in [-0.1, -0.05) is 12.1 Å². The number of halogens is 1. The Labute approximate surface area is 186 Å². The van der Waals surface area contributed by atoms with Crippen molar-refractivity contribution in [2.24, 2.45) is 0 Å². The molecule has 5 heterocycles. The van der Waals surface area contributed by atoms with E-state index in [1.54, 1.807) is 44.0 Å². The third-order valence-corrected chi connectivity index (χ3v) is 5.43. The van der Waals surface area contributed by atoms with Gasteiger partial charge in [-0.2, -0.15) is 5.10 Å². The summed E-state index contributed by atoms with van der Waals surface area (Å²) in [6.07, 6.45) is 6.80. The molecule has 0 aliphatic heterocycles. The van der Waals surface area contributed by atoms with E-state index in [0.29, 0.717) is 22.8 Å². The molecule has 8 nitrogen and oxygen atoms in total. The number of aromatic nitrogens is 7. The summed E-state index contributed by atoms with van der Waals surface area (Å²) in [6.45, 7) is 0. The number of hydrogen-bond acceptors (Lipinski definition) is 6. The standard InChI is InChI=1S/C24H16FN7O/c1-33-16-8-14(9-26-10-16)18-6-7-19-22(28-18)23(32-31-19)24-29-20-12-27-11-17(21(20)30-24)13-2-4-15(25)5-3-13/h2-12H,1H3,(H,29,30)(H,31,32). The molecule has 1 aromatic carbocycles. The third kappa shape index (κ3) is 3.26. The molecule has 0 bridgehead atoms. The molecular weight excluding hydrogens is 421 g/mol. The summed E-state index contributed by atoms with van der Waals surface area (Å²) in [5.41, 5.74) is 6.69. The summed E-state index contributed by atoms with van der Waals surface area (Å²) in [5.74, 6) is 0.915. The van der Waals surface area contributed by atoms with E-state index in [-0.39, 0.29) is 5.82 Å². The fourth-order valence-electron chi connectivity index (χ4n) is 3.78. The molecule has 2 N–H and O–H groups in total. The zero-order chi connectivity index (χ0) is 22.4. The lowest BCUT2D eigenvalue weighted by Crippen LogP contribution is -1.89. The highest BCUT2D eigenvalue weighted by Crippen LogP contribution is 2.31. The summed E-state index contributed by atoms with van der Waals surface area (Å²) in [4.78, 5) is 21.4. The van der Waals surface area contributed by atoms with Crippen LogP contribution in [-0.4, -0.2) is 42.2 Å². The Morgan fingerprint density at radius 2 is 1.67 bits per heavy atom. The number of pyridine rings is 3. The first-order chi connectivity index (χ1) is 16.2. The van der Waals surface area contributed by atoms with Crippen LogP contribution in [0.4, 0.5) is 4.39 Å². The topological polar surface area (TPSA) is 105 Å². The Balaban J connectivity index is 1.48. The van der Waals surface area contributed by atoms with E-state index in [9.17, 15) is 4.39 Å². The van der Waals surface area contributed by atoms with Gasteiger partial charge in [-0.05, 0) is 35.9 Å². The molecule has 0 saturated heterocycles. The molecule has 0 unspecified atom stereocenters. The first kappa shape index (κ1) is 19.1. The van der Waals surface area contributed by atoms with Gasteiger partial charge in [-0.25, -0.2) is 14.4 Å². The molecule has 0 aliphatic carbocycles. The fourth-order valence-corrected chi connectivity index (χ4v) is 3.78. The Morgan fingerprint density at radius 3 is 2.52 bits per heavy atom. The Morgan fingerprint density at radius 1 is 0.818 bits per heavy atom. The SMILES string of the molecule is COc1cncc(-c2ccc3[nH]nc(-c4nc5c(-c6ccc(F)cc6)cncc5[nH]4)c3n2)c1. The van der Waals surface area contributed by atoms with Crippen molar-refractivity contribution in [2.75, 3.05) is 7.11 Å². The lowest BCUT2D eigenvalue weighted by Gasteiger charge is -2.03. The second kappa shape index (κ2) is 7.49. The minimum atomic E-state index is -0.294. The van der Waals surface area contributed by atoms with Gasteiger partial charge < -0.3 is 9.72 Å². The van der Waals surface area contributed by atoms with E-state index in [0.717, 1.165) is 38.9 Å². The van der Waals surface area contributed by atoms with Crippen molar-refractivity contribution in [3.63, 3.8) is 0 Å². The van der Waals surface area contributed by atoms with Crippen molar-refractivity contribution >= 4 is 22.1 Å². The number of benzene rings is 1. The van der Waals surface area contributed by atoms with E-state index in [1.165, 1.54) is 12.1 Å². The Hall–Kier alpha value is -4.66. The van der Waals surface area contributed by atoms with Crippen LogP contribution in [0.1, 0.15) is 0 Å². The predicted octanol–water partition coefficient (Wildman–Crippen LogP) is 4.77. The van der Waals surface area contributed by atoms with Gasteiger partial charge in [0.25, 0.3) is 0 Å². The van der Waals surface area contributed by atoms with Gasteiger partial charge in [0.15, 0.2) is 11.5 Å². The van der Waals surface area contributed by atoms with Crippen LogP contribution in [-0.2, 0) is 0 Å². The molecule has 0 aliphatic rings. The summed E-state index contributed by atoms with van der Waals surface area (Å²) in [5, 5.41) is 7.47. The van der Waals surface area contributed by atoms with Crippen molar-refractivity contribution in [3.8, 4) is 39.7 Å². The second-order valence-corrected chi connectivity index (χ2v) is 7.45. The molecule has 33 heavy (non-hydrogen) atoms. The molecule has 0 radical (unpaired) electrons. The number of nitrogens with zero attached hydrogens (tertiary/aromatic N) is 5. The molecule has 9 heteroatoms. The number of imidazole rings is 1. The number of nitrogens with one attached hydrogen (secondary N) is 2. The number of ether oxygens (including phenoxy) is 1. The largest absolute Gasteiger partial charge is 0.495 e. The van der Waals surface area contributed by atoms with Crippen LogP contribution in [0.15, 0.2) is 67.3 Å². The molecule has 0 amide bonds. The van der Waals surface area contributed by atoms with Crippen molar-refractivity contribution in [2.45, 2.75) is 0 Å². The first-order valence-corrected chi connectivity index (χ1v) is 10.1. The maximum absolute atomic E-state index is 13.4. The average Bonchev–Trinajstić information content (AvgIpc) is 3.48. The van der Waals surface area contributed by atoms with Crippen molar-refractivity contribution < 1.29 is 9.13 Å². The van der Waals surface area contributed by atoms with Gasteiger partial charge in [0.1, 0.15) is 17.1 Å². The highest BCUT2D eigenvalue weighted by atomic mass is 19.1. The smallest absolute Gasteiger partial charge is 0.161 e. The van der Waals surface area contributed by atoms with Gasteiger partial charge in [0, 0.05) is 23.5 Å². The molecule has 5 aromatic heterocycles. The lowest BCUT2D eigenvalue weighted by atomic mass is 10.1. The Kier molecular flexibility index (Phi) is 4.32. The van der Waals surface area contributed by atoms with Gasteiger partial charge in [-0.3, -0.25) is 15.1 Å². The molecule has 160 valence electrons. The first-order valence-electron chi connectivity index (χ1n) is 10.1. The number of H-pyrrole nitrogens is 2. The number of aromatic amines is 2. The van der Waals surface area contributed by atoms with Crippen LogP contribution < -0.4 is 4.74 Å². The van der Waals surface area contributed by atoms with Crippen LogP contribution in [0, 0.1) is 5.82 Å². The molecule has 0 atom stereocenters. The molecule has 6 aromatic rings. The number of rotatable bonds is 4. The highest BCUT2D eigenvalue weighted by Gasteiger charge is 2.17. The summed E-state index contributed by atoms with van der Waals surface area (Å²) < 4.78 is 18.7. The lowest BCUT2D eigenvalue weighted by molar-refractivity contribution is 0.413. The minimum absolute atomic E-state index is 0.294. The van der Waals surface area contributed by atoms with Gasteiger partial charge >= 0.3 is 0 Å². The van der Waals surface area contributed by atoms with Crippen LogP contribution in [0.3, 0.4) is 0 Å².